The van der Waals surface area contributed by atoms with Gasteiger partial charge in [-0.1, -0.05) is 0 Å². The number of fused-ring (bicyclic) bond motifs is 1. The van der Waals surface area contributed by atoms with E-state index in [4.69, 9.17) is 10.5 Å². The fraction of sp³-hybridized carbons (Fsp3) is 0.455. The van der Waals surface area contributed by atoms with Gasteiger partial charge in [-0.15, -0.1) is 0 Å². The molecule has 3 heterocycles. The molecule has 3 atom stereocenters. The maximum absolute atomic E-state index is 10.3. The van der Waals surface area contributed by atoms with Crippen molar-refractivity contribution in [1.82, 2.24) is 14.5 Å². The third-order valence-electron chi connectivity index (χ3n) is 3.38. The summed E-state index contributed by atoms with van der Waals surface area (Å²) in [5.74, 6) is 0.372. The Morgan fingerprint density at radius 2 is 2.33 bits per heavy atom. The maximum atomic E-state index is 10.3. The molecule has 0 unspecified atom stereocenters. The third kappa shape index (κ3) is 1.41. The normalized spacial score (nSPS) is 32.2. The Labute approximate surface area is 103 Å². The molecular weight excluding hydrogens is 236 g/mol. The number of aliphatic hydroxyl groups is 2. The molecule has 7 heteroatoms. The van der Waals surface area contributed by atoms with Gasteiger partial charge >= 0.3 is 0 Å². The summed E-state index contributed by atoms with van der Waals surface area (Å²) in [6.45, 7) is 1.61. The zero-order valence-electron chi connectivity index (χ0n) is 9.82. The van der Waals surface area contributed by atoms with E-state index in [1.165, 1.54) is 13.3 Å². The highest BCUT2D eigenvalue weighted by molar-refractivity contribution is 5.86. The van der Waals surface area contributed by atoms with Gasteiger partial charge in [-0.25, -0.2) is 9.97 Å². The first-order chi connectivity index (χ1) is 8.51. The molecule has 4 N–H and O–H groups in total. The Balaban J connectivity index is 2.13. The van der Waals surface area contributed by atoms with E-state index >= 15 is 0 Å². The molecule has 0 spiro atoms. The molecule has 3 rings (SSSR count). The van der Waals surface area contributed by atoms with Crippen molar-refractivity contribution in [3.8, 4) is 0 Å². The van der Waals surface area contributed by atoms with Crippen LogP contribution in [0.15, 0.2) is 18.6 Å². The minimum atomic E-state index is -1.37. The number of nitrogens with zero attached hydrogens (tertiary/aromatic N) is 3. The number of ether oxygens (including phenoxy) is 1. The van der Waals surface area contributed by atoms with E-state index in [-0.39, 0.29) is 6.61 Å². The van der Waals surface area contributed by atoms with Crippen LogP contribution in [0, 0.1) is 0 Å². The lowest BCUT2D eigenvalue weighted by atomic mass is 10.0. The fourth-order valence-electron chi connectivity index (χ4n) is 2.23. The molecule has 2 aromatic heterocycles. The average Bonchev–Trinajstić information content (AvgIpc) is 2.84. The largest absolute Gasteiger partial charge is 0.388 e. The number of hydrogen-bond acceptors (Lipinski definition) is 6. The van der Waals surface area contributed by atoms with E-state index in [1.807, 2.05) is 0 Å². The van der Waals surface area contributed by atoms with Crippen molar-refractivity contribution >= 4 is 16.9 Å². The van der Waals surface area contributed by atoms with Crippen molar-refractivity contribution in [2.45, 2.75) is 24.9 Å². The van der Waals surface area contributed by atoms with Gasteiger partial charge in [0.1, 0.15) is 29.5 Å². The molecule has 1 aliphatic rings. The number of rotatable bonds is 1. The molecule has 18 heavy (non-hydrogen) atoms. The highest BCUT2D eigenvalue weighted by Crippen LogP contribution is 2.36. The monoisotopic (exact) mass is 250 g/mol. The molecule has 0 aromatic carbocycles. The van der Waals surface area contributed by atoms with Crippen LogP contribution in [0.25, 0.3) is 11.0 Å². The molecule has 0 amide bonds. The number of aliphatic hydroxyl groups excluding tert-OH is 1. The summed E-state index contributed by atoms with van der Waals surface area (Å²) < 4.78 is 7.09. The van der Waals surface area contributed by atoms with Gasteiger partial charge in [0, 0.05) is 6.20 Å². The van der Waals surface area contributed by atoms with Crippen LogP contribution >= 0.6 is 0 Å². The number of nitrogen functional groups attached to an aromatic ring is 1. The van der Waals surface area contributed by atoms with Crippen molar-refractivity contribution < 1.29 is 14.9 Å². The Morgan fingerprint density at radius 3 is 3.00 bits per heavy atom. The summed E-state index contributed by atoms with van der Waals surface area (Å²) in [7, 11) is 0. The van der Waals surface area contributed by atoms with Crippen molar-refractivity contribution in [2.75, 3.05) is 12.3 Å². The van der Waals surface area contributed by atoms with Gasteiger partial charge in [0.25, 0.3) is 0 Å². The molecule has 0 radical (unpaired) electrons. The van der Waals surface area contributed by atoms with Crippen LogP contribution < -0.4 is 5.73 Å². The molecule has 0 saturated carbocycles. The molecule has 1 aliphatic heterocycles. The summed E-state index contributed by atoms with van der Waals surface area (Å²) in [5, 5.41) is 20.7. The van der Waals surface area contributed by atoms with E-state index < -0.39 is 17.9 Å². The quantitative estimate of drug-likeness (QED) is 0.639. The number of anilines is 1. The van der Waals surface area contributed by atoms with Crippen molar-refractivity contribution in [1.29, 1.82) is 0 Å². The lowest BCUT2D eigenvalue weighted by molar-refractivity contribution is -0.0922. The molecule has 0 aliphatic carbocycles. The standard InChI is InChI=1S/C11H14N4O3/c1-11(17)7(16)4-18-10(11)15-3-2-6-8(12)13-5-14-9(6)15/h2-3,5,7,10,16-17H,4H2,1H3,(H2,12,13,14)/t7-,10-,11-/m1/s1. The highest BCUT2D eigenvalue weighted by Gasteiger charge is 2.47. The van der Waals surface area contributed by atoms with Crippen LogP contribution in [0.3, 0.4) is 0 Å². The minimum absolute atomic E-state index is 0.0813. The molecule has 1 saturated heterocycles. The van der Waals surface area contributed by atoms with Crippen LogP contribution in [0.2, 0.25) is 0 Å². The summed E-state index contributed by atoms with van der Waals surface area (Å²) in [6, 6.07) is 1.76. The maximum Gasteiger partial charge on any atom is 0.166 e. The molecule has 96 valence electrons. The Morgan fingerprint density at radius 1 is 1.56 bits per heavy atom. The average molecular weight is 250 g/mol. The summed E-state index contributed by atoms with van der Waals surface area (Å²) in [5.41, 5.74) is 4.95. The van der Waals surface area contributed by atoms with Crippen LogP contribution in [0.4, 0.5) is 5.82 Å². The third-order valence-corrected chi connectivity index (χ3v) is 3.38. The van der Waals surface area contributed by atoms with E-state index in [2.05, 4.69) is 9.97 Å². The van der Waals surface area contributed by atoms with Gasteiger partial charge < -0.3 is 25.3 Å². The fourth-order valence-corrected chi connectivity index (χ4v) is 2.23. The van der Waals surface area contributed by atoms with Crippen LogP contribution in [-0.4, -0.2) is 43.1 Å². The van der Waals surface area contributed by atoms with E-state index in [9.17, 15) is 10.2 Å². The van der Waals surface area contributed by atoms with Crippen LogP contribution in [0.5, 0.6) is 0 Å². The van der Waals surface area contributed by atoms with Gasteiger partial charge in [0.05, 0.1) is 12.0 Å². The van der Waals surface area contributed by atoms with Gasteiger partial charge in [0.15, 0.2) is 6.23 Å². The Hall–Kier alpha value is -1.70. The zero-order valence-corrected chi connectivity index (χ0v) is 9.82. The van der Waals surface area contributed by atoms with E-state index in [0.29, 0.717) is 16.9 Å². The highest BCUT2D eigenvalue weighted by atomic mass is 16.5. The molecule has 0 bridgehead atoms. The SMILES string of the molecule is C[C@@]1(O)[C@H](O)CO[C@H]1n1ccc2c(N)ncnc21. The van der Waals surface area contributed by atoms with Crippen molar-refractivity contribution in [3.63, 3.8) is 0 Å². The van der Waals surface area contributed by atoms with Crippen molar-refractivity contribution in [3.05, 3.63) is 18.6 Å². The summed E-state index contributed by atoms with van der Waals surface area (Å²) in [6.07, 6.45) is 1.44. The summed E-state index contributed by atoms with van der Waals surface area (Å²) >= 11 is 0. The van der Waals surface area contributed by atoms with Gasteiger partial charge in [0.2, 0.25) is 0 Å². The number of aromatic nitrogens is 3. The number of nitrogens with two attached hydrogens (primary N) is 1. The lowest BCUT2D eigenvalue weighted by Crippen LogP contribution is -2.41. The number of hydrogen-bond donors (Lipinski definition) is 3. The molecule has 7 nitrogen and oxygen atoms in total. The topological polar surface area (TPSA) is 106 Å². The smallest absolute Gasteiger partial charge is 0.166 e. The van der Waals surface area contributed by atoms with E-state index in [0.717, 1.165) is 0 Å². The zero-order chi connectivity index (χ0) is 12.9. The second-order valence-corrected chi connectivity index (χ2v) is 4.65. The predicted molar refractivity (Wildman–Crippen MR) is 63.6 cm³/mol. The molecular formula is C11H14N4O3. The second kappa shape index (κ2) is 3.64. The Bertz CT molecular complexity index is 595. The van der Waals surface area contributed by atoms with Gasteiger partial charge in [-0.3, -0.25) is 0 Å². The first-order valence-electron chi connectivity index (χ1n) is 5.61. The van der Waals surface area contributed by atoms with Crippen molar-refractivity contribution in [2.24, 2.45) is 0 Å². The molecule has 1 fully saturated rings. The van der Waals surface area contributed by atoms with E-state index in [1.54, 1.807) is 16.8 Å². The van der Waals surface area contributed by atoms with Gasteiger partial charge in [-0.2, -0.15) is 0 Å². The minimum Gasteiger partial charge on any atom is -0.388 e. The second-order valence-electron chi connectivity index (χ2n) is 4.65. The molecule has 2 aromatic rings. The predicted octanol–water partition coefficient (Wildman–Crippen LogP) is -0.346. The van der Waals surface area contributed by atoms with Crippen LogP contribution in [-0.2, 0) is 4.74 Å². The first kappa shape index (κ1) is 11.4. The summed E-state index contributed by atoms with van der Waals surface area (Å²) in [4.78, 5) is 8.04. The lowest BCUT2D eigenvalue weighted by Gasteiger charge is -2.27. The Kier molecular flexibility index (Phi) is 2.31. The van der Waals surface area contributed by atoms with Gasteiger partial charge in [-0.05, 0) is 13.0 Å². The first-order valence-corrected chi connectivity index (χ1v) is 5.61. The van der Waals surface area contributed by atoms with Crippen LogP contribution in [0.1, 0.15) is 13.2 Å².